The summed E-state index contributed by atoms with van der Waals surface area (Å²) in [5.41, 5.74) is 1.40. The zero-order valence-electron chi connectivity index (χ0n) is 14.1. The number of carbonyl (C=O) groups excluding carboxylic acids is 1. The van der Waals surface area contributed by atoms with E-state index in [1.165, 1.54) is 12.5 Å². The Balaban J connectivity index is 1.84. The predicted octanol–water partition coefficient (Wildman–Crippen LogP) is 2.36. The van der Waals surface area contributed by atoms with E-state index in [2.05, 4.69) is 53.4 Å². The van der Waals surface area contributed by atoms with Gasteiger partial charge in [-0.2, -0.15) is 5.10 Å². The molecule has 2 aromatic rings. The van der Waals surface area contributed by atoms with Crippen LogP contribution < -0.4 is 10.1 Å². The third kappa shape index (κ3) is 5.39. The second kappa shape index (κ2) is 7.26. The van der Waals surface area contributed by atoms with Gasteiger partial charge in [0, 0.05) is 19.9 Å². The molecule has 0 spiro atoms. The monoisotopic (exact) mass is 316 g/mol. The van der Waals surface area contributed by atoms with Gasteiger partial charge >= 0.3 is 0 Å². The van der Waals surface area contributed by atoms with Crippen LogP contribution in [0.1, 0.15) is 44.9 Å². The number of rotatable bonds is 6. The Bertz CT molecular complexity index is 641. The lowest BCUT2D eigenvalue weighted by atomic mass is 9.87. The molecule has 0 saturated heterocycles. The number of nitrogens with one attached hydrogen (secondary N) is 2. The van der Waals surface area contributed by atoms with Crippen LogP contribution in [0.25, 0.3) is 0 Å². The van der Waals surface area contributed by atoms with Crippen molar-refractivity contribution in [2.45, 2.75) is 46.1 Å². The van der Waals surface area contributed by atoms with E-state index in [9.17, 15) is 4.79 Å². The number of amides is 1. The van der Waals surface area contributed by atoms with E-state index in [0.717, 1.165) is 5.75 Å². The molecule has 124 valence electrons. The number of hydrogen-bond donors (Lipinski definition) is 2. The number of aromatic amines is 1. The molecule has 2 rings (SSSR count). The zero-order chi connectivity index (χ0) is 16.9. The van der Waals surface area contributed by atoms with E-state index in [1.807, 2.05) is 12.1 Å². The lowest BCUT2D eigenvalue weighted by molar-refractivity contribution is -0.118. The van der Waals surface area contributed by atoms with E-state index in [1.54, 1.807) is 0 Å². The van der Waals surface area contributed by atoms with Gasteiger partial charge in [-0.15, -0.1) is 0 Å². The van der Waals surface area contributed by atoms with Crippen LogP contribution in [0.15, 0.2) is 24.3 Å². The van der Waals surface area contributed by atoms with Crippen molar-refractivity contribution >= 4 is 5.91 Å². The van der Waals surface area contributed by atoms with Gasteiger partial charge in [0.15, 0.2) is 11.6 Å². The minimum atomic E-state index is -0.0530. The first-order chi connectivity index (χ1) is 10.8. The molecule has 0 atom stereocenters. The molecule has 0 aliphatic carbocycles. The zero-order valence-corrected chi connectivity index (χ0v) is 14.1. The van der Waals surface area contributed by atoms with Crippen molar-refractivity contribution in [2.75, 3.05) is 6.54 Å². The van der Waals surface area contributed by atoms with Crippen LogP contribution in [-0.2, 0) is 23.2 Å². The number of hydrogen-bond acceptors (Lipinski definition) is 4. The van der Waals surface area contributed by atoms with Crippen LogP contribution in [0.2, 0.25) is 0 Å². The summed E-state index contributed by atoms with van der Waals surface area (Å²) in [4.78, 5) is 15.1. The van der Waals surface area contributed by atoms with Crippen molar-refractivity contribution in [3.63, 3.8) is 0 Å². The number of benzene rings is 1. The SMILES string of the molecule is CC(=O)NCCc1n[nH]c(COc2ccc(C(C)(C)C)cc2)n1. The molecule has 1 amide bonds. The molecule has 0 aliphatic rings. The molecule has 0 aliphatic heterocycles. The third-order valence-electron chi connectivity index (χ3n) is 3.40. The molecule has 0 saturated carbocycles. The Morgan fingerprint density at radius 1 is 1.26 bits per heavy atom. The van der Waals surface area contributed by atoms with Crippen LogP contribution in [0.4, 0.5) is 0 Å². The van der Waals surface area contributed by atoms with Gasteiger partial charge in [0.2, 0.25) is 5.91 Å². The fourth-order valence-corrected chi connectivity index (χ4v) is 2.06. The maximum absolute atomic E-state index is 10.8. The van der Waals surface area contributed by atoms with Crippen molar-refractivity contribution in [3.05, 3.63) is 41.5 Å². The summed E-state index contributed by atoms with van der Waals surface area (Å²) in [6, 6.07) is 8.09. The lowest BCUT2D eigenvalue weighted by Gasteiger charge is -2.19. The van der Waals surface area contributed by atoms with Gasteiger partial charge in [-0.05, 0) is 23.1 Å². The molecule has 0 bridgehead atoms. The van der Waals surface area contributed by atoms with Crippen molar-refractivity contribution in [2.24, 2.45) is 0 Å². The predicted molar refractivity (Wildman–Crippen MR) is 88.2 cm³/mol. The average molecular weight is 316 g/mol. The standard InChI is InChI=1S/C17H24N4O2/c1-12(22)18-10-9-15-19-16(21-20-15)11-23-14-7-5-13(6-8-14)17(2,3)4/h5-8H,9-11H2,1-4H3,(H,18,22)(H,19,20,21). The molecule has 6 nitrogen and oxygen atoms in total. The quantitative estimate of drug-likeness (QED) is 0.857. The summed E-state index contributed by atoms with van der Waals surface area (Å²) < 4.78 is 5.71. The molecule has 1 aromatic carbocycles. The first-order valence-corrected chi connectivity index (χ1v) is 7.72. The van der Waals surface area contributed by atoms with E-state index < -0.39 is 0 Å². The van der Waals surface area contributed by atoms with E-state index >= 15 is 0 Å². The van der Waals surface area contributed by atoms with Gasteiger partial charge in [-0.25, -0.2) is 4.98 Å². The number of H-pyrrole nitrogens is 1. The highest BCUT2D eigenvalue weighted by Crippen LogP contribution is 2.24. The number of ether oxygens (including phenoxy) is 1. The summed E-state index contributed by atoms with van der Waals surface area (Å²) in [5.74, 6) is 2.08. The van der Waals surface area contributed by atoms with Crippen molar-refractivity contribution < 1.29 is 9.53 Å². The van der Waals surface area contributed by atoms with E-state index in [4.69, 9.17) is 4.74 Å². The van der Waals surface area contributed by atoms with Crippen LogP contribution in [-0.4, -0.2) is 27.6 Å². The van der Waals surface area contributed by atoms with Crippen LogP contribution in [0, 0.1) is 0 Å². The molecule has 1 heterocycles. The molecule has 0 fully saturated rings. The number of aromatic nitrogens is 3. The van der Waals surface area contributed by atoms with Crippen molar-refractivity contribution in [3.8, 4) is 5.75 Å². The van der Waals surface area contributed by atoms with Crippen molar-refractivity contribution in [1.82, 2.24) is 20.5 Å². The summed E-state index contributed by atoms with van der Waals surface area (Å²) in [6.07, 6.45) is 0.594. The largest absolute Gasteiger partial charge is 0.486 e. The minimum absolute atomic E-state index is 0.0530. The van der Waals surface area contributed by atoms with Gasteiger partial charge in [0.1, 0.15) is 12.4 Å². The topological polar surface area (TPSA) is 79.9 Å². The Morgan fingerprint density at radius 3 is 2.57 bits per heavy atom. The fraction of sp³-hybridized carbons (Fsp3) is 0.471. The number of nitrogens with zero attached hydrogens (tertiary/aromatic N) is 2. The van der Waals surface area contributed by atoms with Gasteiger partial charge in [0.05, 0.1) is 0 Å². The Hall–Kier alpha value is -2.37. The highest BCUT2D eigenvalue weighted by molar-refractivity contribution is 5.72. The van der Waals surface area contributed by atoms with E-state index in [-0.39, 0.29) is 11.3 Å². The molecular formula is C17H24N4O2. The van der Waals surface area contributed by atoms with Crippen LogP contribution >= 0.6 is 0 Å². The van der Waals surface area contributed by atoms with E-state index in [0.29, 0.717) is 31.2 Å². The lowest BCUT2D eigenvalue weighted by Crippen LogP contribution is -2.22. The normalized spacial score (nSPS) is 11.3. The Kier molecular flexibility index (Phi) is 5.36. The van der Waals surface area contributed by atoms with Gasteiger partial charge in [0.25, 0.3) is 0 Å². The minimum Gasteiger partial charge on any atom is -0.486 e. The molecule has 1 aromatic heterocycles. The highest BCUT2D eigenvalue weighted by Gasteiger charge is 2.13. The second-order valence-corrected chi connectivity index (χ2v) is 6.49. The fourth-order valence-electron chi connectivity index (χ4n) is 2.06. The molecule has 0 radical (unpaired) electrons. The van der Waals surface area contributed by atoms with Gasteiger partial charge < -0.3 is 10.1 Å². The average Bonchev–Trinajstić information content (AvgIpc) is 2.92. The maximum atomic E-state index is 10.8. The maximum Gasteiger partial charge on any atom is 0.216 e. The van der Waals surface area contributed by atoms with Crippen LogP contribution in [0.3, 0.4) is 0 Å². The van der Waals surface area contributed by atoms with Crippen LogP contribution in [0.5, 0.6) is 5.75 Å². The highest BCUT2D eigenvalue weighted by atomic mass is 16.5. The first kappa shape index (κ1) is 17.0. The van der Waals surface area contributed by atoms with Crippen molar-refractivity contribution in [1.29, 1.82) is 0 Å². The summed E-state index contributed by atoms with van der Waals surface area (Å²) in [7, 11) is 0. The second-order valence-electron chi connectivity index (χ2n) is 6.49. The summed E-state index contributed by atoms with van der Waals surface area (Å²) >= 11 is 0. The molecule has 23 heavy (non-hydrogen) atoms. The summed E-state index contributed by atoms with van der Waals surface area (Å²) in [6.45, 7) is 8.89. The molecule has 2 N–H and O–H groups in total. The first-order valence-electron chi connectivity index (χ1n) is 7.72. The smallest absolute Gasteiger partial charge is 0.216 e. The molecular weight excluding hydrogens is 292 g/mol. The van der Waals surface area contributed by atoms with Gasteiger partial charge in [-0.1, -0.05) is 32.9 Å². The third-order valence-corrected chi connectivity index (χ3v) is 3.40. The number of carbonyl (C=O) groups is 1. The Morgan fingerprint density at radius 2 is 1.96 bits per heavy atom. The Labute approximate surface area is 136 Å². The molecule has 6 heteroatoms. The molecule has 0 unspecified atom stereocenters. The van der Waals surface area contributed by atoms with Gasteiger partial charge in [-0.3, -0.25) is 9.89 Å². The summed E-state index contributed by atoms with van der Waals surface area (Å²) in [5, 5.41) is 9.67.